The standard InChI is InChI=1S/C25H23N5O3/c1-4-32-20-7-5-6-19(13-20)24-26-23(33-28-24)15-29-10-11-30-22(25(29)31)14-21(27-30)18-9-8-16(2)17(3)12-18/h5-14H,4,15H2,1-3H3. The predicted molar refractivity (Wildman–Crippen MR) is 124 cm³/mol. The van der Waals surface area contributed by atoms with Gasteiger partial charge in [0, 0.05) is 23.5 Å². The van der Waals surface area contributed by atoms with Crippen LogP contribution in [0, 0.1) is 13.8 Å². The molecule has 0 spiro atoms. The molecule has 5 aromatic rings. The van der Waals surface area contributed by atoms with Gasteiger partial charge >= 0.3 is 0 Å². The molecule has 3 heterocycles. The third-order valence-corrected chi connectivity index (χ3v) is 5.58. The van der Waals surface area contributed by atoms with Crippen molar-refractivity contribution in [3.63, 3.8) is 0 Å². The van der Waals surface area contributed by atoms with Gasteiger partial charge in [0.25, 0.3) is 5.56 Å². The summed E-state index contributed by atoms with van der Waals surface area (Å²) >= 11 is 0. The van der Waals surface area contributed by atoms with Crippen molar-refractivity contribution in [3.05, 3.63) is 88.3 Å². The van der Waals surface area contributed by atoms with Crippen molar-refractivity contribution in [1.82, 2.24) is 24.3 Å². The Morgan fingerprint density at radius 2 is 1.88 bits per heavy atom. The van der Waals surface area contributed by atoms with E-state index in [1.807, 2.05) is 37.3 Å². The fourth-order valence-electron chi connectivity index (χ4n) is 3.67. The third kappa shape index (κ3) is 4.03. The van der Waals surface area contributed by atoms with Crippen molar-refractivity contribution >= 4 is 5.52 Å². The largest absolute Gasteiger partial charge is 0.494 e. The van der Waals surface area contributed by atoms with E-state index in [0.717, 1.165) is 22.6 Å². The summed E-state index contributed by atoms with van der Waals surface area (Å²) in [5.74, 6) is 1.53. The van der Waals surface area contributed by atoms with E-state index in [0.29, 0.717) is 23.8 Å². The highest BCUT2D eigenvalue weighted by molar-refractivity contribution is 5.66. The van der Waals surface area contributed by atoms with Gasteiger partial charge in [-0.1, -0.05) is 29.4 Å². The predicted octanol–water partition coefficient (Wildman–Crippen LogP) is 4.28. The summed E-state index contributed by atoms with van der Waals surface area (Å²) < 4.78 is 14.1. The highest BCUT2D eigenvalue weighted by atomic mass is 16.5. The fraction of sp³-hybridized carbons (Fsp3) is 0.200. The van der Waals surface area contributed by atoms with Crippen LogP contribution in [0.25, 0.3) is 28.2 Å². The number of nitrogens with zero attached hydrogens (tertiary/aromatic N) is 5. The second kappa shape index (κ2) is 8.38. The lowest BCUT2D eigenvalue weighted by atomic mass is 10.0. The van der Waals surface area contributed by atoms with E-state index in [2.05, 4.69) is 41.2 Å². The van der Waals surface area contributed by atoms with Gasteiger partial charge in [0.1, 0.15) is 17.8 Å². The first-order valence-electron chi connectivity index (χ1n) is 10.7. The van der Waals surface area contributed by atoms with Gasteiger partial charge in [-0.25, -0.2) is 4.52 Å². The van der Waals surface area contributed by atoms with Crippen LogP contribution in [0.2, 0.25) is 0 Å². The van der Waals surface area contributed by atoms with E-state index in [-0.39, 0.29) is 12.1 Å². The average Bonchev–Trinajstić information content (AvgIpc) is 3.46. The van der Waals surface area contributed by atoms with Crippen LogP contribution in [0.1, 0.15) is 23.9 Å². The Morgan fingerprint density at radius 1 is 1.00 bits per heavy atom. The molecule has 0 bridgehead atoms. The number of ether oxygens (including phenoxy) is 1. The Bertz CT molecular complexity index is 1510. The molecule has 0 saturated carbocycles. The van der Waals surface area contributed by atoms with Crippen molar-refractivity contribution < 1.29 is 9.26 Å². The maximum atomic E-state index is 13.1. The first-order chi connectivity index (χ1) is 16.0. The summed E-state index contributed by atoms with van der Waals surface area (Å²) in [6.45, 7) is 6.80. The van der Waals surface area contributed by atoms with Crippen molar-refractivity contribution in [2.75, 3.05) is 6.61 Å². The molecular formula is C25H23N5O3. The van der Waals surface area contributed by atoms with Gasteiger partial charge < -0.3 is 13.8 Å². The minimum absolute atomic E-state index is 0.164. The van der Waals surface area contributed by atoms with Crippen LogP contribution in [0.3, 0.4) is 0 Å². The van der Waals surface area contributed by atoms with Crippen LogP contribution in [-0.2, 0) is 6.54 Å². The van der Waals surface area contributed by atoms with Crippen LogP contribution in [0.4, 0.5) is 0 Å². The summed E-state index contributed by atoms with van der Waals surface area (Å²) in [6.07, 6.45) is 3.43. The van der Waals surface area contributed by atoms with E-state index >= 15 is 0 Å². The average molecular weight is 441 g/mol. The zero-order valence-electron chi connectivity index (χ0n) is 18.6. The molecule has 0 amide bonds. The second-order valence-electron chi connectivity index (χ2n) is 7.86. The third-order valence-electron chi connectivity index (χ3n) is 5.58. The quantitative estimate of drug-likeness (QED) is 0.391. The summed E-state index contributed by atoms with van der Waals surface area (Å²) in [5.41, 5.74) is 5.21. The molecule has 2 aromatic carbocycles. The van der Waals surface area contributed by atoms with Gasteiger partial charge in [-0.3, -0.25) is 4.79 Å². The van der Waals surface area contributed by atoms with Crippen LogP contribution < -0.4 is 10.3 Å². The molecule has 0 atom stereocenters. The van der Waals surface area contributed by atoms with Gasteiger partial charge in [0.2, 0.25) is 11.7 Å². The van der Waals surface area contributed by atoms with Crippen LogP contribution in [-0.4, -0.2) is 30.9 Å². The molecule has 166 valence electrons. The van der Waals surface area contributed by atoms with Crippen molar-refractivity contribution in [2.45, 2.75) is 27.3 Å². The van der Waals surface area contributed by atoms with Gasteiger partial charge in [0.15, 0.2) is 0 Å². The molecule has 0 fully saturated rings. The fourth-order valence-corrected chi connectivity index (χ4v) is 3.67. The number of hydrogen-bond acceptors (Lipinski definition) is 6. The second-order valence-corrected chi connectivity index (χ2v) is 7.86. The first-order valence-corrected chi connectivity index (χ1v) is 10.7. The number of aryl methyl sites for hydroxylation is 2. The minimum Gasteiger partial charge on any atom is -0.494 e. The number of rotatable bonds is 6. The zero-order chi connectivity index (χ0) is 22.9. The van der Waals surface area contributed by atoms with Gasteiger partial charge in [-0.15, -0.1) is 0 Å². The molecule has 0 aliphatic heterocycles. The molecule has 0 N–H and O–H groups in total. The normalized spacial score (nSPS) is 11.2. The van der Waals surface area contributed by atoms with E-state index in [1.165, 1.54) is 15.7 Å². The Kier molecular flexibility index (Phi) is 5.26. The van der Waals surface area contributed by atoms with Crippen LogP contribution in [0.5, 0.6) is 5.75 Å². The van der Waals surface area contributed by atoms with Crippen LogP contribution in [0.15, 0.2) is 70.2 Å². The summed E-state index contributed by atoms with van der Waals surface area (Å²) in [5, 5.41) is 8.63. The van der Waals surface area contributed by atoms with Crippen LogP contribution >= 0.6 is 0 Å². The number of aromatic nitrogens is 5. The molecule has 0 saturated heterocycles. The van der Waals surface area contributed by atoms with Crippen molar-refractivity contribution in [2.24, 2.45) is 0 Å². The van der Waals surface area contributed by atoms with Gasteiger partial charge in [-0.05, 0) is 56.2 Å². The monoisotopic (exact) mass is 441 g/mol. The summed E-state index contributed by atoms with van der Waals surface area (Å²) in [4.78, 5) is 17.5. The van der Waals surface area contributed by atoms with E-state index in [1.54, 1.807) is 23.0 Å². The maximum absolute atomic E-state index is 13.1. The molecule has 0 aliphatic carbocycles. The summed E-state index contributed by atoms with van der Waals surface area (Å²) in [7, 11) is 0. The van der Waals surface area contributed by atoms with Crippen molar-refractivity contribution in [1.29, 1.82) is 0 Å². The topological polar surface area (TPSA) is 87.5 Å². The van der Waals surface area contributed by atoms with Crippen molar-refractivity contribution in [3.8, 4) is 28.4 Å². The lowest BCUT2D eigenvalue weighted by Crippen LogP contribution is -2.21. The lowest BCUT2D eigenvalue weighted by Gasteiger charge is -2.03. The minimum atomic E-state index is -0.182. The molecule has 0 aliphatic rings. The Hall–Kier alpha value is -4.20. The molecule has 0 radical (unpaired) electrons. The Morgan fingerprint density at radius 3 is 2.70 bits per heavy atom. The molecule has 8 nitrogen and oxygen atoms in total. The smallest absolute Gasteiger partial charge is 0.277 e. The molecule has 33 heavy (non-hydrogen) atoms. The number of fused-ring (bicyclic) bond motifs is 1. The molecule has 8 heteroatoms. The highest BCUT2D eigenvalue weighted by Gasteiger charge is 2.14. The van der Waals surface area contributed by atoms with Gasteiger partial charge in [0.05, 0.1) is 12.3 Å². The van der Waals surface area contributed by atoms with E-state index in [4.69, 9.17) is 9.26 Å². The molecule has 3 aromatic heterocycles. The number of hydrogen-bond donors (Lipinski definition) is 0. The molecular weight excluding hydrogens is 418 g/mol. The summed E-state index contributed by atoms with van der Waals surface area (Å²) in [6, 6.07) is 15.5. The SMILES string of the molecule is CCOc1cccc(-c2noc(Cn3ccn4nc(-c5ccc(C)c(C)c5)cc4c3=O)n2)c1. The Balaban J connectivity index is 1.43. The van der Waals surface area contributed by atoms with E-state index in [9.17, 15) is 4.79 Å². The lowest BCUT2D eigenvalue weighted by molar-refractivity contribution is 0.340. The van der Waals surface area contributed by atoms with E-state index < -0.39 is 0 Å². The van der Waals surface area contributed by atoms with Gasteiger partial charge in [-0.2, -0.15) is 10.1 Å². The highest BCUT2D eigenvalue weighted by Crippen LogP contribution is 2.23. The molecule has 0 unspecified atom stereocenters. The zero-order valence-corrected chi connectivity index (χ0v) is 18.6. The maximum Gasteiger partial charge on any atom is 0.277 e. The number of benzene rings is 2. The first kappa shape index (κ1) is 20.7. The Labute approximate surface area is 190 Å². The molecule has 5 rings (SSSR count).